The quantitative estimate of drug-likeness (QED) is 0.573. The van der Waals surface area contributed by atoms with E-state index in [1.807, 2.05) is 0 Å². The Labute approximate surface area is 126 Å². The first kappa shape index (κ1) is 14.4. The number of ether oxygens (including phenoxy) is 2. The first-order chi connectivity index (χ1) is 10.5. The number of carbonyl (C=O) groups is 4. The zero-order valence-corrected chi connectivity index (χ0v) is 11.7. The van der Waals surface area contributed by atoms with Gasteiger partial charge in [-0.15, -0.1) is 0 Å². The summed E-state index contributed by atoms with van der Waals surface area (Å²) in [5.74, 6) is -4.82. The van der Waals surface area contributed by atoms with Crippen molar-refractivity contribution in [2.24, 2.45) is 23.7 Å². The summed E-state index contributed by atoms with van der Waals surface area (Å²) in [6.07, 6.45) is 3.25. The van der Waals surface area contributed by atoms with Crippen LogP contribution in [0.2, 0.25) is 0 Å². The average Bonchev–Trinajstić information content (AvgIpc) is 2.96. The van der Waals surface area contributed by atoms with Crippen molar-refractivity contribution in [1.82, 2.24) is 0 Å². The highest BCUT2D eigenvalue weighted by atomic mass is 16.6. The number of carbonyl (C=O) groups excluding carboxylic acids is 4. The van der Waals surface area contributed by atoms with Crippen LogP contribution in [-0.2, 0) is 28.7 Å². The maximum absolute atomic E-state index is 11.9. The summed E-state index contributed by atoms with van der Waals surface area (Å²) in [6.45, 7) is 7.42. The standard InChI is InChI=1S/C16H14O6/c1-3-7-8(4-2)13-11(15(19)22-16(13)20)5-9(7)10-6-12(17)21-14(10)18/h3-4,9-11,13H,1-2,5-6H2. The summed E-state index contributed by atoms with van der Waals surface area (Å²) in [5.41, 5.74) is 1.19. The lowest BCUT2D eigenvalue weighted by Gasteiger charge is -2.32. The molecule has 0 N–H and O–H groups in total. The van der Waals surface area contributed by atoms with Crippen LogP contribution in [0, 0.1) is 23.7 Å². The van der Waals surface area contributed by atoms with Gasteiger partial charge in [0, 0.05) is 0 Å². The van der Waals surface area contributed by atoms with E-state index in [-0.39, 0.29) is 12.8 Å². The van der Waals surface area contributed by atoms with Gasteiger partial charge in [-0.3, -0.25) is 19.2 Å². The number of rotatable bonds is 3. The third-order valence-electron chi connectivity index (χ3n) is 4.57. The van der Waals surface area contributed by atoms with E-state index < -0.39 is 47.5 Å². The van der Waals surface area contributed by atoms with Crippen molar-refractivity contribution >= 4 is 23.9 Å². The van der Waals surface area contributed by atoms with Gasteiger partial charge in [-0.1, -0.05) is 25.3 Å². The van der Waals surface area contributed by atoms with Gasteiger partial charge in [0.15, 0.2) is 0 Å². The van der Waals surface area contributed by atoms with Crippen LogP contribution < -0.4 is 0 Å². The second kappa shape index (κ2) is 5.05. The molecule has 22 heavy (non-hydrogen) atoms. The van der Waals surface area contributed by atoms with E-state index in [0.29, 0.717) is 11.1 Å². The van der Waals surface area contributed by atoms with Gasteiger partial charge in [0.1, 0.15) is 0 Å². The molecule has 0 aromatic heterocycles. The molecule has 0 spiro atoms. The zero-order valence-electron chi connectivity index (χ0n) is 11.7. The smallest absolute Gasteiger partial charge is 0.321 e. The van der Waals surface area contributed by atoms with E-state index in [1.165, 1.54) is 6.08 Å². The molecule has 6 nitrogen and oxygen atoms in total. The number of fused-ring (bicyclic) bond motifs is 1. The maximum atomic E-state index is 11.9. The number of hydrogen-bond acceptors (Lipinski definition) is 6. The van der Waals surface area contributed by atoms with E-state index in [4.69, 9.17) is 4.74 Å². The lowest BCUT2D eigenvalue weighted by molar-refractivity contribution is -0.155. The lowest BCUT2D eigenvalue weighted by atomic mass is 9.67. The number of cyclic esters (lactones) is 4. The van der Waals surface area contributed by atoms with Gasteiger partial charge in [-0.2, -0.15) is 0 Å². The van der Waals surface area contributed by atoms with Gasteiger partial charge in [0.2, 0.25) is 0 Å². The van der Waals surface area contributed by atoms with Crippen LogP contribution in [0.25, 0.3) is 0 Å². The molecule has 1 aliphatic carbocycles. The predicted octanol–water partition coefficient (Wildman–Crippen LogP) is 1.08. The summed E-state index contributed by atoms with van der Waals surface area (Å²) in [4.78, 5) is 47.0. The van der Waals surface area contributed by atoms with Crippen LogP contribution in [0.1, 0.15) is 12.8 Å². The average molecular weight is 302 g/mol. The van der Waals surface area contributed by atoms with Crippen LogP contribution in [0.4, 0.5) is 0 Å². The molecule has 2 fully saturated rings. The first-order valence-corrected chi connectivity index (χ1v) is 6.97. The Balaban J connectivity index is 2.08. The third kappa shape index (κ3) is 1.94. The predicted molar refractivity (Wildman–Crippen MR) is 72.8 cm³/mol. The molecule has 2 aliphatic heterocycles. The Morgan fingerprint density at radius 1 is 0.818 bits per heavy atom. The van der Waals surface area contributed by atoms with Gasteiger partial charge in [-0.25, -0.2) is 0 Å². The molecule has 3 aliphatic rings. The second-order valence-electron chi connectivity index (χ2n) is 5.59. The van der Waals surface area contributed by atoms with Gasteiger partial charge >= 0.3 is 23.9 Å². The Bertz CT molecular complexity index is 656. The van der Waals surface area contributed by atoms with Crippen LogP contribution in [0.5, 0.6) is 0 Å². The molecule has 0 amide bonds. The van der Waals surface area contributed by atoms with E-state index in [2.05, 4.69) is 17.9 Å². The Kier molecular flexibility index (Phi) is 3.31. The second-order valence-corrected chi connectivity index (χ2v) is 5.59. The molecule has 0 radical (unpaired) electrons. The lowest BCUT2D eigenvalue weighted by Crippen LogP contribution is -2.34. The summed E-state index contributed by atoms with van der Waals surface area (Å²) in [6, 6.07) is 0. The van der Waals surface area contributed by atoms with Crippen LogP contribution in [0.3, 0.4) is 0 Å². The molecule has 2 heterocycles. The normalized spacial score (nSPS) is 34.4. The summed E-state index contributed by atoms with van der Waals surface area (Å²) >= 11 is 0. The van der Waals surface area contributed by atoms with Crippen molar-refractivity contribution in [2.75, 3.05) is 0 Å². The molecule has 0 aromatic rings. The summed E-state index contributed by atoms with van der Waals surface area (Å²) in [7, 11) is 0. The Hall–Kier alpha value is -2.50. The SMILES string of the molecule is C=CC1=C(C=C)C2C(=O)OC(=O)C2CC1C1CC(=O)OC1=O. The minimum atomic E-state index is -0.706. The van der Waals surface area contributed by atoms with E-state index in [9.17, 15) is 19.2 Å². The molecular weight excluding hydrogens is 288 g/mol. The molecule has 4 unspecified atom stereocenters. The molecule has 0 aromatic carbocycles. The monoisotopic (exact) mass is 302 g/mol. The van der Waals surface area contributed by atoms with Crippen LogP contribution in [-0.4, -0.2) is 23.9 Å². The summed E-state index contributed by atoms with van der Waals surface area (Å²) in [5, 5.41) is 0. The minimum Gasteiger partial charge on any atom is -0.393 e. The molecule has 0 bridgehead atoms. The molecule has 114 valence electrons. The van der Waals surface area contributed by atoms with Crippen molar-refractivity contribution in [2.45, 2.75) is 12.8 Å². The molecule has 6 heteroatoms. The van der Waals surface area contributed by atoms with Crippen molar-refractivity contribution in [3.63, 3.8) is 0 Å². The number of allylic oxidation sites excluding steroid dienone is 3. The Morgan fingerprint density at radius 3 is 2.00 bits per heavy atom. The largest absolute Gasteiger partial charge is 0.393 e. The topological polar surface area (TPSA) is 86.7 Å². The molecule has 4 atom stereocenters. The van der Waals surface area contributed by atoms with E-state index in [1.54, 1.807) is 6.08 Å². The van der Waals surface area contributed by atoms with Gasteiger partial charge in [-0.05, 0) is 23.5 Å². The summed E-state index contributed by atoms with van der Waals surface area (Å²) < 4.78 is 9.32. The van der Waals surface area contributed by atoms with Crippen LogP contribution in [0.15, 0.2) is 36.5 Å². The molecular formula is C16H14O6. The fraction of sp³-hybridized carbons (Fsp3) is 0.375. The third-order valence-corrected chi connectivity index (χ3v) is 4.57. The van der Waals surface area contributed by atoms with E-state index in [0.717, 1.165) is 0 Å². The highest BCUT2D eigenvalue weighted by Gasteiger charge is 2.53. The minimum absolute atomic E-state index is 0.0361. The van der Waals surface area contributed by atoms with Crippen LogP contribution >= 0.6 is 0 Å². The number of esters is 4. The van der Waals surface area contributed by atoms with Crippen molar-refractivity contribution in [1.29, 1.82) is 0 Å². The van der Waals surface area contributed by atoms with Gasteiger partial charge < -0.3 is 9.47 Å². The van der Waals surface area contributed by atoms with Crippen molar-refractivity contribution in [3.8, 4) is 0 Å². The molecule has 0 saturated carbocycles. The highest BCUT2D eigenvalue weighted by Crippen LogP contribution is 2.48. The first-order valence-electron chi connectivity index (χ1n) is 6.97. The van der Waals surface area contributed by atoms with Gasteiger partial charge in [0.25, 0.3) is 0 Å². The van der Waals surface area contributed by atoms with E-state index >= 15 is 0 Å². The van der Waals surface area contributed by atoms with Crippen molar-refractivity contribution < 1.29 is 28.7 Å². The highest BCUT2D eigenvalue weighted by molar-refractivity contribution is 6.00. The van der Waals surface area contributed by atoms with Crippen molar-refractivity contribution in [3.05, 3.63) is 36.5 Å². The Morgan fingerprint density at radius 2 is 1.45 bits per heavy atom. The fourth-order valence-electron chi connectivity index (χ4n) is 3.60. The fourth-order valence-corrected chi connectivity index (χ4v) is 3.60. The zero-order chi connectivity index (χ0) is 16.0. The maximum Gasteiger partial charge on any atom is 0.321 e. The van der Waals surface area contributed by atoms with Gasteiger partial charge in [0.05, 0.1) is 24.2 Å². The molecule has 3 rings (SSSR count). The number of hydrogen-bond donors (Lipinski definition) is 0. The molecule has 2 saturated heterocycles.